The molecule has 1 heterocycles. The summed E-state index contributed by atoms with van der Waals surface area (Å²) in [5.41, 5.74) is 1.36. The van der Waals surface area contributed by atoms with Gasteiger partial charge in [0.05, 0.1) is 18.4 Å². The van der Waals surface area contributed by atoms with E-state index in [1.807, 2.05) is 11.6 Å². The summed E-state index contributed by atoms with van der Waals surface area (Å²) in [6, 6.07) is 10.5. The van der Waals surface area contributed by atoms with E-state index in [0.29, 0.717) is 11.4 Å². The average molecular weight is 461 g/mol. The van der Waals surface area contributed by atoms with Crippen molar-refractivity contribution in [3.63, 3.8) is 0 Å². The number of nitrogens with one attached hydrogen (secondary N) is 3. The third-order valence-electron chi connectivity index (χ3n) is 4.90. The number of methoxy groups -OCH3 is 1. The monoisotopic (exact) mass is 460 g/mol. The topological polar surface area (TPSA) is 134 Å². The summed E-state index contributed by atoms with van der Waals surface area (Å²) >= 11 is 0. The largest absolute Gasteiger partial charge is 0.497 e. The predicted molar refractivity (Wildman–Crippen MR) is 117 cm³/mol. The molecule has 0 bridgehead atoms. The van der Waals surface area contributed by atoms with Gasteiger partial charge in [0.1, 0.15) is 11.8 Å². The number of carbonyl (C=O) groups is 3. The number of ether oxygens (including phenoxy) is 1. The highest BCUT2D eigenvalue weighted by molar-refractivity contribution is 7.90. The lowest BCUT2D eigenvalue weighted by Gasteiger charge is -2.34. The van der Waals surface area contributed by atoms with Crippen molar-refractivity contribution < 1.29 is 27.5 Å². The normalized spacial score (nSPS) is 16.1. The number of hydrogen-bond acceptors (Lipinski definition) is 6. The molecule has 3 rings (SSSR count). The Balaban J connectivity index is 1.69. The number of sulfonamides is 1. The molecule has 1 aliphatic rings. The van der Waals surface area contributed by atoms with Crippen molar-refractivity contribution in [2.45, 2.75) is 24.3 Å². The van der Waals surface area contributed by atoms with Crippen LogP contribution in [0.4, 0.5) is 10.5 Å². The van der Waals surface area contributed by atoms with Crippen molar-refractivity contribution in [2.75, 3.05) is 25.5 Å². The Morgan fingerprint density at radius 2 is 1.78 bits per heavy atom. The van der Waals surface area contributed by atoms with E-state index in [0.717, 1.165) is 10.5 Å². The summed E-state index contributed by atoms with van der Waals surface area (Å²) in [6.07, 6.45) is -0.337. The maximum atomic E-state index is 12.7. The minimum absolute atomic E-state index is 0.0570. The van der Waals surface area contributed by atoms with E-state index >= 15 is 0 Å². The fourth-order valence-electron chi connectivity index (χ4n) is 3.17. The SMILES string of the molecule is COc1ccc(NC(=O)C[C@H]2C(=O)NCCN2C(=O)NS(=O)(=O)c2ccc(C)cc2)cc1. The van der Waals surface area contributed by atoms with Gasteiger partial charge >= 0.3 is 6.03 Å². The molecule has 1 aliphatic heterocycles. The lowest BCUT2D eigenvalue weighted by atomic mass is 10.1. The Labute approximate surface area is 186 Å². The van der Waals surface area contributed by atoms with Gasteiger partial charge in [0.15, 0.2) is 0 Å². The molecular weight excluding hydrogens is 436 g/mol. The molecule has 1 atom stereocenters. The molecule has 2 aromatic carbocycles. The van der Waals surface area contributed by atoms with Crippen LogP contribution in [0.25, 0.3) is 0 Å². The zero-order valence-corrected chi connectivity index (χ0v) is 18.4. The average Bonchev–Trinajstić information content (AvgIpc) is 2.75. The Kier molecular flexibility index (Phi) is 6.98. The van der Waals surface area contributed by atoms with Crippen molar-refractivity contribution in [1.82, 2.24) is 14.9 Å². The first-order valence-electron chi connectivity index (χ1n) is 9.81. The smallest absolute Gasteiger partial charge is 0.332 e. The van der Waals surface area contributed by atoms with E-state index in [-0.39, 0.29) is 24.4 Å². The van der Waals surface area contributed by atoms with Gasteiger partial charge in [0, 0.05) is 18.8 Å². The van der Waals surface area contributed by atoms with Crippen LogP contribution in [0.2, 0.25) is 0 Å². The van der Waals surface area contributed by atoms with Crippen LogP contribution in [0.5, 0.6) is 5.75 Å². The van der Waals surface area contributed by atoms with Crippen LogP contribution in [0.1, 0.15) is 12.0 Å². The number of benzene rings is 2. The molecular formula is C21H24N4O6S. The molecule has 1 fully saturated rings. The van der Waals surface area contributed by atoms with Gasteiger partial charge in [-0.25, -0.2) is 17.9 Å². The van der Waals surface area contributed by atoms with E-state index in [9.17, 15) is 22.8 Å². The molecule has 0 aromatic heterocycles. The number of urea groups is 1. The second-order valence-electron chi connectivity index (χ2n) is 7.20. The van der Waals surface area contributed by atoms with Crippen LogP contribution in [0.15, 0.2) is 53.4 Å². The van der Waals surface area contributed by atoms with Crippen LogP contribution in [-0.2, 0) is 19.6 Å². The molecule has 3 N–H and O–H groups in total. The molecule has 0 radical (unpaired) electrons. The summed E-state index contributed by atoms with van der Waals surface area (Å²) in [5, 5.41) is 5.24. The summed E-state index contributed by atoms with van der Waals surface area (Å²) in [7, 11) is -2.61. The lowest BCUT2D eigenvalue weighted by molar-refractivity contribution is -0.130. The molecule has 10 nitrogen and oxygen atoms in total. The van der Waals surface area contributed by atoms with Crippen LogP contribution < -0.4 is 20.1 Å². The molecule has 0 spiro atoms. The van der Waals surface area contributed by atoms with Crippen LogP contribution in [0.3, 0.4) is 0 Å². The van der Waals surface area contributed by atoms with Crippen LogP contribution >= 0.6 is 0 Å². The quantitative estimate of drug-likeness (QED) is 0.594. The Morgan fingerprint density at radius 3 is 2.41 bits per heavy atom. The molecule has 4 amide bonds. The van der Waals surface area contributed by atoms with Gasteiger partial charge in [-0.3, -0.25) is 9.59 Å². The molecule has 0 unspecified atom stereocenters. The number of rotatable bonds is 6. The standard InChI is InChI=1S/C21H24N4O6S/c1-14-3-9-17(10-4-14)32(29,30)24-21(28)25-12-11-22-20(27)18(25)13-19(26)23-15-5-7-16(31-2)8-6-15/h3-10,18H,11-13H2,1-2H3,(H,22,27)(H,23,26)(H,24,28)/t18-/m0/s1. The predicted octanol–water partition coefficient (Wildman–Crippen LogP) is 1.23. The zero-order chi connectivity index (χ0) is 23.3. The van der Waals surface area contributed by atoms with Gasteiger partial charge in [0.25, 0.3) is 10.0 Å². The van der Waals surface area contributed by atoms with E-state index in [2.05, 4.69) is 10.6 Å². The van der Waals surface area contributed by atoms with E-state index in [4.69, 9.17) is 4.74 Å². The highest BCUT2D eigenvalue weighted by Crippen LogP contribution is 2.17. The fraction of sp³-hybridized carbons (Fsp3) is 0.286. The van der Waals surface area contributed by atoms with Crippen LogP contribution in [-0.4, -0.2) is 57.4 Å². The van der Waals surface area contributed by atoms with Crippen molar-refractivity contribution >= 4 is 33.6 Å². The highest BCUT2D eigenvalue weighted by Gasteiger charge is 2.36. The summed E-state index contributed by atoms with van der Waals surface area (Å²) in [6.45, 7) is 2.01. The van der Waals surface area contributed by atoms with Crippen molar-refractivity contribution in [3.8, 4) is 5.75 Å². The van der Waals surface area contributed by atoms with E-state index in [1.54, 1.807) is 36.4 Å². The first-order valence-corrected chi connectivity index (χ1v) is 11.3. The van der Waals surface area contributed by atoms with Gasteiger partial charge in [-0.2, -0.15) is 0 Å². The fourth-order valence-corrected chi connectivity index (χ4v) is 4.13. The zero-order valence-electron chi connectivity index (χ0n) is 17.6. The summed E-state index contributed by atoms with van der Waals surface area (Å²) in [4.78, 5) is 38.6. The van der Waals surface area contributed by atoms with Crippen molar-refractivity contribution in [3.05, 3.63) is 54.1 Å². The maximum Gasteiger partial charge on any atom is 0.332 e. The molecule has 1 saturated heterocycles. The highest BCUT2D eigenvalue weighted by atomic mass is 32.2. The summed E-state index contributed by atoms with van der Waals surface area (Å²) < 4.78 is 32.1. The number of nitrogens with zero attached hydrogens (tertiary/aromatic N) is 1. The lowest BCUT2D eigenvalue weighted by Crippen LogP contribution is -2.60. The number of amides is 4. The number of piperazine rings is 1. The third kappa shape index (κ3) is 5.55. The minimum Gasteiger partial charge on any atom is -0.497 e. The third-order valence-corrected chi connectivity index (χ3v) is 6.23. The Hall–Kier alpha value is -3.60. The molecule has 0 aliphatic carbocycles. The van der Waals surface area contributed by atoms with Crippen LogP contribution in [0, 0.1) is 6.92 Å². The van der Waals surface area contributed by atoms with Crippen molar-refractivity contribution in [2.24, 2.45) is 0 Å². The first kappa shape index (κ1) is 23.1. The summed E-state index contributed by atoms with van der Waals surface area (Å²) in [5.74, 6) is -0.423. The van der Waals surface area contributed by atoms with Crippen molar-refractivity contribution in [1.29, 1.82) is 0 Å². The molecule has 11 heteroatoms. The minimum atomic E-state index is -4.14. The van der Waals surface area contributed by atoms with E-state index < -0.39 is 33.9 Å². The number of aryl methyl sites for hydroxylation is 1. The number of carbonyl (C=O) groups excluding carboxylic acids is 3. The number of hydrogen-bond donors (Lipinski definition) is 3. The Bertz CT molecular complexity index is 1100. The molecule has 2 aromatic rings. The second kappa shape index (κ2) is 9.69. The molecule has 0 saturated carbocycles. The van der Waals surface area contributed by atoms with Gasteiger partial charge < -0.3 is 20.3 Å². The van der Waals surface area contributed by atoms with Gasteiger partial charge in [-0.15, -0.1) is 0 Å². The first-order chi connectivity index (χ1) is 15.2. The van der Waals surface area contributed by atoms with Gasteiger partial charge in [0.2, 0.25) is 11.8 Å². The molecule has 170 valence electrons. The molecule has 32 heavy (non-hydrogen) atoms. The van der Waals surface area contributed by atoms with E-state index in [1.165, 1.54) is 19.2 Å². The second-order valence-corrected chi connectivity index (χ2v) is 8.89. The van der Waals surface area contributed by atoms with Gasteiger partial charge in [-0.1, -0.05) is 17.7 Å². The Morgan fingerprint density at radius 1 is 1.12 bits per heavy atom. The maximum absolute atomic E-state index is 12.7. The van der Waals surface area contributed by atoms with Gasteiger partial charge in [-0.05, 0) is 43.3 Å². The number of anilines is 1.